The number of aromatic nitrogens is 3. The zero-order valence-electron chi connectivity index (χ0n) is 17.0. The molecule has 3 aromatic rings. The van der Waals surface area contributed by atoms with Crippen molar-refractivity contribution in [3.63, 3.8) is 0 Å². The second kappa shape index (κ2) is 8.71. The Labute approximate surface area is 175 Å². The maximum atomic E-state index is 10.3. The predicted molar refractivity (Wildman–Crippen MR) is 113 cm³/mol. The van der Waals surface area contributed by atoms with Crippen LogP contribution in [0, 0.1) is 0 Å². The van der Waals surface area contributed by atoms with Crippen molar-refractivity contribution >= 4 is 11.0 Å². The standard InChI is InChI=1S/C23H27N3O4/c27-21-4-2-1-3-18(21)20-13-19-17(8-12-30-16-7-11-29-14-16)22(24-23(19)26-25-20)15-5-9-28-10-6-15/h1-4,13,15-16,27H,5-12,14H2,(H,24,26). The number of benzene rings is 1. The number of para-hydroxylation sites is 1. The molecule has 7 heteroatoms. The van der Waals surface area contributed by atoms with Crippen molar-refractivity contribution in [2.45, 2.75) is 37.7 Å². The molecule has 0 amide bonds. The molecule has 4 heterocycles. The average Bonchev–Trinajstić information content (AvgIpc) is 3.43. The van der Waals surface area contributed by atoms with E-state index in [4.69, 9.17) is 14.2 Å². The van der Waals surface area contributed by atoms with Gasteiger partial charge in [0.1, 0.15) is 5.75 Å². The van der Waals surface area contributed by atoms with Crippen LogP contribution in [0.1, 0.15) is 36.4 Å². The lowest BCUT2D eigenvalue weighted by Gasteiger charge is -2.22. The number of hydrogen-bond acceptors (Lipinski definition) is 6. The fourth-order valence-electron chi connectivity index (χ4n) is 4.46. The number of phenolic OH excluding ortho intramolecular Hbond substituents is 1. The summed E-state index contributed by atoms with van der Waals surface area (Å²) in [5, 5.41) is 20.1. The smallest absolute Gasteiger partial charge is 0.160 e. The van der Waals surface area contributed by atoms with Crippen molar-refractivity contribution in [1.82, 2.24) is 15.2 Å². The van der Waals surface area contributed by atoms with Crippen LogP contribution in [-0.4, -0.2) is 59.4 Å². The zero-order valence-corrected chi connectivity index (χ0v) is 17.0. The van der Waals surface area contributed by atoms with Gasteiger partial charge in [-0.15, -0.1) is 10.2 Å². The fourth-order valence-corrected chi connectivity index (χ4v) is 4.46. The highest BCUT2D eigenvalue weighted by Gasteiger charge is 2.24. The second-order valence-corrected chi connectivity index (χ2v) is 8.02. The maximum absolute atomic E-state index is 10.3. The highest BCUT2D eigenvalue weighted by molar-refractivity contribution is 5.85. The lowest BCUT2D eigenvalue weighted by atomic mass is 9.92. The van der Waals surface area contributed by atoms with Crippen molar-refractivity contribution in [3.8, 4) is 17.0 Å². The largest absolute Gasteiger partial charge is 0.507 e. The van der Waals surface area contributed by atoms with Crippen molar-refractivity contribution in [1.29, 1.82) is 0 Å². The molecule has 0 saturated carbocycles. The number of nitrogens with one attached hydrogen (secondary N) is 1. The molecule has 1 atom stereocenters. The van der Waals surface area contributed by atoms with Gasteiger partial charge in [0.15, 0.2) is 5.65 Å². The molecule has 1 aromatic carbocycles. The maximum Gasteiger partial charge on any atom is 0.160 e. The van der Waals surface area contributed by atoms with Gasteiger partial charge in [0.25, 0.3) is 0 Å². The minimum Gasteiger partial charge on any atom is -0.507 e. The second-order valence-electron chi connectivity index (χ2n) is 8.02. The third-order valence-corrected chi connectivity index (χ3v) is 6.10. The number of ether oxygens (including phenoxy) is 3. The topological polar surface area (TPSA) is 89.5 Å². The SMILES string of the molecule is Oc1ccccc1-c1cc2c(CCOC3CCOC3)c(C3CCOCC3)[nH]c2nn1. The summed E-state index contributed by atoms with van der Waals surface area (Å²) in [6, 6.07) is 9.26. The van der Waals surface area contributed by atoms with Gasteiger partial charge in [-0.3, -0.25) is 0 Å². The molecule has 1 unspecified atom stereocenters. The Hall–Kier alpha value is -2.48. The van der Waals surface area contributed by atoms with Crippen molar-refractivity contribution in [3.05, 3.63) is 41.6 Å². The number of aromatic hydroxyl groups is 1. The van der Waals surface area contributed by atoms with E-state index in [2.05, 4.69) is 15.2 Å². The van der Waals surface area contributed by atoms with Gasteiger partial charge in [0.2, 0.25) is 0 Å². The van der Waals surface area contributed by atoms with Gasteiger partial charge in [-0.05, 0) is 49.4 Å². The van der Waals surface area contributed by atoms with Gasteiger partial charge in [0.05, 0.1) is 25.0 Å². The predicted octanol–water partition coefficient (Wildman–Crippen LogP) is 3.57. The number of H-pyrrole nitrogens is 1. The molecule has 7 nitrogen and oxygen atoms in total. The molecule has 2 saturated heterocycles. The molecule has 0 spiro atoms. The molecular weight excluding hydrogens is 382 g/mol. The van der Waals surface area contributed by atoms with Crippen LogP contribution in [0.2, 0.25) is 0 Å². The normalized spacial score (nSPS) is 20.2. The number of phenols is 1. The van der Waals surface area contributed by atoms with E-state index in [1.807, 2.05) is 18.2 Å². The molecule has 0 aliphatic carbocycles. The monoisotopic (exact) mass is 409 g/mol. The summed E-state index contributed by atoms with van der Waals surface area (Å²) in [6.07, 6.45) is 3.95. The molecule has 2 N–H and O–H groups in total. The Morgan fingerprint density at radius 1 is 1.07 bits per heavy atom. The van der Waals surface area contributed by atoms with Gasteiger partial charge in [0, 0.05) is 42.4 Å². The Bertz CT molecular complexity index is 1010. The van der Waals surface area contributed by atoms with Gasteiger partial charge in [-0.25, -0.2) is 0 Å². The van der Waals surface area contributed by atoms with Crippen molar-refractivity contribution in [2.75, 3.05) is 33.0 Å². The highest BCUT2D eigenvalue weighted by Crippen LogP contribution is 2.35. The van der Waals surface area contributed by atoms with E-state index in [0.29, 0.717) is 30.4 Å². The Kier molecular flexibility index (Phi) is 5.66. The third-order valence-electron chi connectivity index (χ3n) is 6.10. The van der Waals surface area contributed by atoms with E-state index in [9.17, 15) is 5.11 Å². The molecule has 5 rings (SSSR count). The van der Waals surface area contributed by atoms with Gasteiger partial charge >= 0.3 is 0 Å². The number of rotatable bonds is 6. The summed E-state index contributed by atoms with van der Waals surface area (Å²) in [7, 11) is 0. The van der Waals surface area contributed by atoms with E-state index >= 15 is 0 Å². The summed E-state index contributed by atoms with van der Waals surface area (Å²) in [5.41, 5.74) is 4.61. The Balaban J connectivity index is 1.49. The van der Waals surface area contributed by atoms with Gasteiger partial charge < -0.3 is 24.3 Å². The summed E-state index contributed by atoms with van der Waals surface area (Å²) in [6.45, 7) is 3.67. The quantitative estimate of drug-likeness (QED) is 0.647. The lowest BCUT2D eigenvalue weighted by molar-refractivity contribution is 0.0445. The Morgan fingerprint density at radius 2 is 1.90 bits per heavy atom. The number of hydrogen-bond donors (Lipinski definition) is 2. The Morgan fingerprint density at radius 3 is 2.70 bits per heavy atom. The van der Waals surface area contributed by atoms with Crippen LogP contribution < -0.4 is 0 Å². The van der Waals surface area contributed by atoms with Crippen LogP contribution in [0.15, 0.2) is 30.3 Å². The summed E-state index contributed by atoms with van der Waals surface area (Å²) in [4.78, 5) is 3.53. The number of nitrogens with zero attached hydrogens (tertiary/aromatic N) is 2. The van der Waals surface area contributed by atoms with Crippen LogP contribution in [0.25, 0.3) is 22.3 Å². The van der Waals surface area contributed by atoms with Crippen LogP contribution >= 0.6 is 0 Å². The fraction of sp³-hybridized carbons (Fsp3) is 0.478. The molecule has 0 bridgehead atoms. The van der Waals surface area contributed by atoms with E-state index in [-0.39, 0.29) is 11.9 Å². The molecule has 0 radical (unpaired) electrons. The van der Waals surface area contributed by atoms with Crippen LogP contribution in [0.5, 0.6) is 5.75 Å². The van der Waals surface area contributed by atoms with Crippen molar-refractivity contribution < 1.29 is 19.3 Å². The first-order valence-corrected chi connectivity index (χ1v) is 10.7. The molecule has 2 aliphatic heterocycles. The summed E-state index contributed by atoms with van der Waals surface area (Å²) < 4.78 is 17.1. The number of aromatic amines is 1. The average molecular weight is 409 g/mol. The van der Waals surface area contributed by atoms with E-state index in [0.717, 1.165) is 56.5 Å². The molecule has 2 fully saturated rings. The summed E-state index contributed by atoms with van der Waals surface area (Å²) >= 11 is 0. The first-order valence-electron chi connectivity index (χ1n) is 10.7. The molecule has 2 aromatic heterocycles. The first-order chi connectivity index (χ1) is 14.8. The lowest BCUT2D eigenvalue weighted by Crippen LogP contribution is -2.17. The third kappa shape index (κ3) is 3.93. The van der Waals surface area contributed by atoms with Gasteiger partial charge in [-0.2, -0.15) is 0 Å². The first kappa shape index (κ1) is 19.5. The minimum absolute atomic E-state index is 0.193. The van der Waals surface area contributed by atoms with Gasteiger partial charge in [-0.1, -0.05) is 12.1 Å². The zero-order chi connectivity index (χ0) is 20.3. The molecule has 2 aliphatic rings. The molecular formula is C23H27N3O4. The van der Waals surface area contributed by atoms with E-state index in [1.54, 1.807) is 12.1 Å². The number of fused-ring (bicyclic) bond motifs is 1. The summed E-state index contributed by atoms with van der Waals surface area (Å²) in [5.74, 6) is 0.629. The highest BCUT2D eigenvalue weighted by atomic mass is 16.5. The van der Waals surface area contributed by atoms with Crippen LogP contribution in [0.4, 0.5) is 0 Å². The minimum atomic E-state index is 0.193. The molecule has 158 valence electrons. The van der Waals surface area contributed by atoms with Crippen molar-refractivity contribution in [2.24, 2.45) is 0 Å². The van der Waals surface area contributed by atoms with E-state index in [1.165, 1.54) is 11.3 Å². The van der Waals surface area contributed by atoms with Crippen LogP contribution in [-0.2, 0) is 20.6 Å². The van der Waals surface area contributed by atoms with Crippen LogP contribution in [0.3, 0.4) is 0 Å². The molecule has 30 heavy (non-hydrogen) atoms. The van der Waals surface area contributed by atoms with E-state index < -0.39 is 0 Å².